The molecule has 1 amide bonds. The van der Waals surface area contributed by atoms with E-state index < -0.39 is 11.9 Å². The maximum Gasteiger partial charge on any atom is 0.435 e. The largest absolute Gasteiger partial charge is 0.435 e. The van der Waals surface area contributed by atoms with Crippen LogP contribution < -0.4 is 5.32 Å². The normalized spacial score (nSPS) is 27.5. The number of nitrogens with one attached hydrogen (secondary N) is 1. The molecule has 8 heteroatoms. The zero-order valence-corrected chi connectivity index (χ0v) is 13.9. The predicted molar refractivity (Wildman–Crippen MR) is 82.3 cm³/mol. The number of fused-ring (bicyclic) bond motifs is 2. The second kappa shape index (κ2) is 6.38. The van der Waals surface area contributed by atoms with Crippen LogP contribution in [0.1, 0.15) is 43.5 Å². The monoisotopic (exact) mass is 344 g/mol. The molecular weight excluding hydrogens is 321 g/mol. The van der Waals surface area contributed by atoms with E-state index in [1.165, 1.54) is 17.5 Å². The Morgan fingerprint density at radius 1 is 1.33 bits per heavy atom. The van der Waals surface area contributed by atoms with Crippen molar-refractivity contribution in [1.82, 2.24) is 20.0 Å². The number of carbonyl (C=O) groups is 1. The number of hydrogen-bond donors (Lipinski definition) is 1. The molecule has 2 aliphatic heterocycles. The standard InChI is InChI=1S/C16H23F3N4O/c1-10-7-14(16(17,18)19)21-23(10)6-5-15(24)20-11-8-12-3-4-13(9-11)22(12)2/h7,11-13H,3-6,8-9H2,1-2H3,(H,20,24). The summed E-state index contributed by atoms with van der Waals surface area (Å²) in [5.41, 5.74) is -0.500. The number of alkyl halides is 3. The number of aryl methyl sites for hydroxylation is 2. The predicted octanol–water partition coefficient (Wildman–Crippen LogP) is 2.34. The summed E-state index contributed by atoms with van der Waals surface area (Å²) in [6.07, 6.45) is -0.0385. The SMILES string of the molecule is Cc1cc(C(F)(F)F)nn1CCC(=O)NC1CC2CCC(C1)N2C. The van der Waals surface area contributed by atoms with Gasteiger partial charge in [-0.1, -0.05) is 0 Å². The van der Waals surface area contributed by atoms with E-state index in [0.29, 0.717) is 17.8 Å². The number of nitrogens with zero attached hydrogens (tertiary/aromatic N) is 3. The fourth-order valence-electron chi connectivity index (χ4n) is 3.91. The third-order valence-electron chi connectivity index (χ3n) is 5.29. The number of carbonyl (C=O) groups excluding carboxylic acids is 1. The molecule has 1 N–H and O–H groups in total. The number of amides is 1. The molecule has 1 aromatic heterocycles. The molecule has 0 spiro atoms. The minimum absolute atomic E-state index is 0.118. The van der Waals surface area contributed by atoms with Crippen molar-refractivity contribution in [3.63, 3.8) is 0 Å². The molecule has 1 aromatic rings. The van der Waals surface area contributed by atoms with E-state index in [4.69, 9.17) is 0 Å². The van der Waals surface area contributed by atoms with E-state index >= 15 is 0 Å². The second-order valence-electron chi connectivity index (χ2n) is 6.93. The summed E-state index contributed by atoms with van der Waals surface area (Å²) < 4.78 is 39.2. The lowest BCUT2D eigenvalue weighted by Gasteiger charge is -2.36. The van der Waals surface area contributed by atoms with Crippen LogP contribution in [0.25, 0.3) is 0 Å². The average Bonchev–Trinajstić information content (AvgIpc) is 2.93. The molecule has 0 aliphatic carbocycles. The van der Waals surface area contributed by atoms with Crippen molar-refractivity contribution in [2.45, 2.75) is 69.9 Å². The van der Waals surface area contributed by atoms with Gasteiger partial charge < -0.3 is 10.2 Å². The molecule has 24 heavy (non-hydrogen) atoms. The van der Waals surface area contributed by atoms with Gasteiger partial charge in [-0.2, -0.15) is 18.3 Å². The third-order valence-corrected chi connectivity index (χ3v) is 5.29. The van der Waals surface area contributed by atoms with Gasteiger partial charge in [0.25, 0.3) is 0 Å². The third kappa shape index (κ3) is 3.58. The molecule has 2 aliphatic rings. The number of halogens is 3. The van der Waals surface area contributed by atoms with Gasteiger partial charge in [-0.15, -0.1) is 0 Å². The molecule has 3 rings (SSSR count). The molecule has 0 radical (unpaired) electrons. The van der Waals surface area contributed by atoms with Crippen molar-refractivity contribution in [2.24, 2.45) is 0 Å². The first kappa shape index (κ1) is 17.3. The highest BCUT2D eigenvalue weighted by Crippen LogP contribution is 2.34. The lowest BCUT2D eigenvalue weighted by Crippen LogP contribution is -2.48. The van der Waals surface area contributed by atoms with E-state index in [1.54, 1.807) is 6.92 Å². The van der Waals surface area contributed by atoms with Crippen molar-refractivity contribution in [3.8, 4) is 0 Å². The zero-order chi connectivity index (χ0) is 17.5. The Morgan fingerprint density at radius 3 is 2.50 bits per heavy atom. The van der Waals surface area contributed by atoms with Gasteiger partial charge in [0.15, 0.2) is 5.69 Å². The molecule has 5 nitrogen and oxygen atoms in total. The van der Waals surface area contributed by atoms with E-state index in [-0.39, 0.29) is 24.9 Å². The van der Waals surface area contributed by atoms with E-state index in [1.807, 2.05) is 0 Å². The summed E-state index contributed by atoms with van der Waals surface area (Å²) in [7, 11) is 2.14. The highest BCUT2D eigenvalue weighted by atomic mass is 19.4. The van der Waals surface area contributed by atoms with Crippen LogP contribution in [0.2, 0.25) is 0 Å². The number of aromatic nitrogens is 2. The van der Waals surface area contributed by atoms with Gasteiger partial charge in [-0.3, -0.25) is 9.48 Å². The van der Waals surface area contributed by atoms with Gasteiger partial charge in [-0.05, 0) is 45.7 Å². The molecule has 134 valence electrons. The molecular formula is C16H23F3N4O. The van der Waals surface area contributed by atoms with Crippen LogP contribution in [0.5, 0.6) is 0 Å². The Kier molecular flexibility index (Phi) is 4.59. The van der Waals surface area contributed by atoms with E-state index in [2.05, 4.69) is 22.4 Å². The van der Waals surface area contributed by atoms with Crippen LogP contribution in [0, 0.1) is 6.92 Å². The average molecular weight is 344 g/mol. The maximum absolute atomic E-state index is 12.6. The quantitative estimate of drug-likeness (QED) is 0.912. The molecule has 0 saturated carbocycles. The summed E-state index contributed by atoms with van der Waals surface area (Å²) in [6.45, 7) is 1.72. The van der Waals surface area contributed by atoms with Gasteiger partial charge in [0.1, 0.15) is 0 Å². The molecule has 2 fully saturated rings. The highest BCUT2D eigenvalue weighted by Gasteiger charge is 2.38. The Morgan fingerprint density at radius 2 is 1.96 bits per heavy atom. The number of rotatable bonds is 4. The van der Waals surface area contributed by atoms with E-state index in [9.17, 15) is 18.0 Å². The Hall–Kier alpha value is -1.57. The second-order valence-corrected chi connectivity index (χ2v) is 6.93. The van der Waals surface area contributed by atoms with Crippen molar-refractivity contribution in [2.75, 3.05) is 7.05 Å². The van der Waals surface area contributed by atoms with Crippen LogP contribution in [-0.4, -0.2) is 45.8 Å². The van der Waals surface area contributed by atoms with Gasteiger partial charge in [0, 0.05) is 36.8 Å². The molecule has 2 saturated heterocycles. The van der Waals surface area contributed by atoms with Crippen molar-refractivity contribution < 1.29 is 18.0 Å². The van der Waals surface area contributed by atoms with Crippen molar-refractivity contribution in [3.05, 3.63) is 17.5 Å². The van der Waals surface area contributed by atoms with Crippen molar-refractivity contribution >= 4 is 5.91 Å². The first-order chi connectivity index (χ1) is 11.2. The minimum atomic E-state index is -4.45. The molecule has 2 bridgehead atoms. The molecule has 2 unspecified atom stereocenters. The fraction of sp³-hybridized carbons (Fsp3) is 0.750. The van der Waals surface area contributed by atoms with Crippen LogP contribution in [0.3, 0.4) is 0 Å². The lowest BCUT2D eigenvalue weighted by atomic mass is 9.98. The Labute approximate surface area is 139 Å². The van der Waals surface area contributed by atoms with Gasteiger partial charge in [-0.25, -0.2) is 0 Å². The lowest BCUT2D eigenvalue weighted by molar-refractivity contribution is -0.141. The molecule has 3 heterocycles. The van der Waals surface area contributed by atoms with Crippen LogP contribution in [0.15, 0.2) is 6.07 Å². The first-order valence-electron chi connectivity index (χ1n) is 8.37. The van der Waals surface area contributed by atoms with Crippen LogP contribution >= 0.6 is 0 Å². The summed E-state index contributed by atoms with van der Waals surface area (Å²) in [5, 5.41) is 6.59. The molecule has 2 atom stereocenters. The van der Waals surface area contributed by atoms with Gasteiger partial charge >= 0.3 is 6.18 Å². The summed E-state index contributed by atoms with van der Waals surface area (Å²) in [4.78, 5) is 14.5. The van der Waals surface area contributed by atoms with Crippen LogP contribution in [-0.2, 0) is 17.5 Å². The first-order valence-corrected chi connectivity index (χ1v) is 8.37. The maximum atomic E-state index is 12.6. The van der Waals surface area contributed by atoms with E-state index in [0.717, 1.165) is 18.9 Å². The summed E-state index contributed by atoms with van der Waals surface area (Å²) in [5.74, 6) is -0.118. The Bertz CT molecular complexity index is 599. The smallest absolute Gasteiger partial charge is 0.353 e. The summed E-state index contributed by atoms with van der Waals surface area (Å²) >= 11 is 0. The van der Waals surface area contributed by atoms with Crippen molar-refractivity contribution in [1.29, 1.82) is 0 Å². The Balaban J connectivity index is 1.51. The molecule has 0 aromatic carbocycles. The number of piperidine rings is 1. The number of hydrogen-bond acceptors (Lipinski definition) is 3. The fourth-order valence-corrected chi connectivity index (χ4v) is 3.91. The van der Waals surface area contributed by atoms with Crippen LogP contribution in [0.4, 0.5) is 13.2 Å². The summed E-state index contributed by atoms with van der Waals surface area (Å²) in [6, 6.07) is 2.26. The highest BCUT2D eigenvalue weighted by molar-refractivity contribution is 5.76. The zero-order valence-electron chi connectivity index (χ0n) is 13.9. The minimum Gasteiger partial charge on any atom is -0.353 e. The van der Waals surface area contributed by atoms with Gasteiger partial charge in [0.2, 0.25) is 5.91 Å². The topological polar surface area (TPSA) is 50.2 Å². The van der Waals surface area contributed by atoms with Gasteiger partial charge in [0.05, 0.1) is 0 Å².